The highest BCUT2D eigenvalue weighted by Gasteiger charge is 2.35. The fraction of sp³-hybridized carbons (Fsp3) is 0.500. The van der Waals surface area contributed by atoms with Gasteiger partial charge in [0.2, 0.25) is 0 Å². The Bertz CT molecular complexity index is 488. The molecule has 0 bridgehead atoms. The molecule has 0 saturated carbocycles. The van der Waals surface area contributed by atoms with Crippen LogP contribution in [0.2, 0.25) is 10.0 Å². The Morgan fingerprint density at radius 1 is 1.45 bits per heavy atom. The fourth-order valence-corrected chi connectivity index (χ4v) is 2.82. The number of benzene rings is 1. The van der Waals surface area contributed by atoms with E-state index in [1.54, 1.807) is 13.1 Å². The lowest BCUT2D eigenvalue weighted by molar-refractivity contribution is 0.105. The predicted octanol–water partition coefficient (Wildman–Crippen LogP) is 2.97. The molecular formula is C14H18Cl2N2O2. The monoisotopic (exact) mass is 316 g/mol. The van der Waals surface area contributed by atoms with Gasteiger partial charge in [0.25, 0.3) is 0 Å². The lowest BCUT2D eigenvalue weighted by Gasteiger charge is -2.37. The summed E-state index contributed by atoms with van der Waals surface area (Å²) < 4.78 is 5.29. The molecule has 1 heterocycles. The summed E-state index contributed by atoms with van der Waals surface area (Å²) in [5.41, 5.74) is 0.793. The lowest BCUT2D eigenvalue weighted by Crippen LogP contribution is -2.47. The number of piperidine rings is 1. The molecule has 110 valence electrons. The highest BCUT2D eigenvalue weighted by atomic mass is 35.5. The summed E-state index contributed by atoms with van der Waals surface area (Å²) in [6, 6.07) is 5.61. The minimum atomic E-state index is -0.421. The molecule has 1 amide bonds. The number of nitrogens with one attached hydrogen (secondary N) is 2. The Morgan fingerprint density at radius 3 is 2.85 bits per heavy atom. The Hall–Kier alpha value is -0.970. The molecule has 1 aliphatic heterocycles. The maximum absolute atomic E-state index is 11.3. The molecule has 1 aromatic carbocycles. The third-order valence-electron chi connectivity index (χ3n) is 3.69. The highest BCUT2D eigenvalue weighted by molar-refractivity contribution is 6.42. The molecule has 1 fully saturated rings. The molecule has 1 aliphatic rings. The van der Waals surface area contributed by atoms with Gasteiger partial charge in [0.1, 0.15) is 6.61 Å². The van der Waals surface area contributed by atoms with Crippen molar-refractivity contribution >= 4 is 29.3 Å². The zero-order valence-corrected chi connectivity index (χ0v) is 12.9. The summed E-state index contributed by atoms with van der Waals surface area (Å²) in [5, 5.41) is 6.88. The van der Waals surface area contributed by atoms with E-state index >= 15 is 0 Å². The van der Waals surface area contributed by atoms with Gasteiger partial charge in [0.05, 0.1) is 10.0 Å². The first-order chi connectivity index (χ1) is 9.57. The number of ether oxygens (including phenoxy) is 1. The van der Waals surface area contributed by atoms with E-state index in [2.05, 4.69) is 10.6 Å². The van der Waals surface area contributed by atoms with Crippen molar-refractivity contribution in [3.05, 3.63) is 33.8 Å². The highest BCUT2D eigenvalue weighted by Crippen LogP contribution is 2.35. The summed E-state index contributed by atoms with van der Waals surface area (Å²) in [6.45, 7) is 2.04. The number of rotatable bonds is 3. The molecule has 1 atom stereocenters. The van der Waals surface area contributed by atoms with Crippen LogP contribution in [0.15, 0.2) is 18.2 Å². The zero-order valence-electron chi connectivity index (χ0n) is 11.3. The van der Waals surface area contributed by atoms with E-state index in [9.17, 15) is 4.79 Å². The van der Waals surface area contributed by atoms with Crippen molar-refractivity contribution in [3.63, 3.8) is 0 Å². The van der Waals surface area contributed by atoms with Gasteiger partial charge in [-0.15, -0.1) is 0 Å². The molecule has 2 N–H and O–H groups in total. The number of amides is 1. The van der Waals surface area contributed by atoms with Crippen LogP contribution in [0.3, 0.4) is 0 Å². The maximum Gasteiger partial charge on any atom is 0.406 e. The number of hydrogen-bond donors (Lipinski definition) is 2. The number of hydrogen-bond acceptors (Lipinski definition) is 3. The standard InChI is InChI=1S/C14H18Cl2N2O2/c1-17-13(19)20-9-14(5-2-6-18-8-14)10-3-4-11(15)12(16)7-10/h3-4,7,18H,2,5-6,8-9H2,1H3,(H,17,19)/t14-/m0/s1. The van der Waals surface area contributed by atoms with E-state index < -0.39 is 6.09 Å². The second kappa shape index (κ2) is 6.66. The van der Waals surface area contributed by atoms with Gasteiger partial charge in [0, 0.05) is 19.0 Å². The maximum atomic E-state index is 11.3. The van der Waals surface area contributed by atoms with E-state index in [-0.39, 0.29) is 5.41 Å². The minimum Gasteiger partial charge on any atom is -0.449 e. The van der Waals surface area contributed by atoms with Crippen LogP contribution in [0, 0.1) is 0 Å². The van der Waals surface area contributed by atoms with Gasteiger partial charge >= 0.3 is 6.09 Å². The number of carbonyl (C=O) groups excluding carboxylic acids is 1. The van der Waals surface area contributed by atoms with Gasteiger partial charge in [-0.3, -0.25) is 0 Å². The van der Waals surface area contributed by atoms with Crippen molar-refractivity contribution < 1.29 is 9.53 Å². The summed E-state index contributed by atoms with van der Waals surface area (Å²) in [5.74, 6) is 0. The van der Waals surface area contributed by atoms with Crippen LogP contribution in [0.1, 0.15) is 18.4 Å². The molecule has 0 aliphatic carbocycles. The Morgan fingerprint density at radius 2 is 2.25 bits per heavy atom. The van der Waals surface area contributed by atoms with E-state index in [1.807, 2.05) is 12.1 Å². The fourth-order valence-electron chi connectivity index (χ4n) is 2.52. The molecule has 0 unspecified atom stereocenters. The van der Waals surface area contributed by atoms with E-state index in [0.717, 1.165) is 31.5 Å². The van der Waals surface area contributed by atoms with Crippen molar-refractivity contribution in [2.75, 3.05) is 26.7 Å². The summed E-state index contributed by atoms with van der Waals surface area (Å²) in [4.78, 5) is 11.3. The molecule has 4 nitrogen and oxygen atoms in total. The van der Waals surface area contributed by atoms with Gasteiger partial charge in [0.15, 0.2) is 0 Å². The van der Waals surface area contributed by atoms with Crippen LogP contribution >= 0.6 is 23.2 Å². The molecular weight excluding hydrogens is 299 g/mol. The van der Waals surface area contributed by atoms with Crippen LogP contribution < -0.4 is 10.6 Å². The topological polar surface area (TPSA) is 50.4 Å². The van der Waals surface area contributed by atoms with Crippen molar-refractivity contribution in [3.8, 4) is 0 Å². The molecule has 6 heteroatoms. The van der Waals surface area contributed by atoms with Crippen LogP contribution in [0.5, 0.6) is 0 Å². The van der Waals surface area contributed by atoms with Crippen molar-refractivity contribution in [1.82, 2.24) is 10.6 Å². The first-order valence-electron chi connectivity index (χ1n) is 6.58. The largest absolute Gasteiger partial charge is 0.449 e. The van der Waals surface area contributed by atoms with E-state index in [4.69, 9.17) is 27.9 Å². The quantitative estimate of drug-likeness (QED) is 0.901. The third kappa shape index (κ3) is 3.37. The predicted molar refractivity (Wildman–Crippen MR) is 80.7 cm³/mol. The second-order valence-electron chi connectivity index (χ2n) is 5.02. The zero-order chi connectivity index (χ0) is 14.6. The average Bonchev–Trinajstić information content (AvgIpc) is 2.48. The van der Waals surface area contributed by atoms with Crippen molar-refractivity contribution in [2.45, 2.75) is 18.3 Å². The Labute approximate surface area is 128 Å². The van der Waals surface area contributed by atoms with E-state index in [1.165, 1.54) is 0 Å². The van der Waals surface area contributed by atoms with Gasteiger partial charge in [-0.2, -0.15) is 0 Å². The molecule has 0 aromatic heterocycles. The van der Waals surface area contributed by atoms with E-state index in [0.29, 0.717) is 16.7 Å². The second-order valence-corrected chi connectivity index (χ2v) is 5.83. The molecule has 2 rings (SSSR count). The normalized spacial score (nSPS) is 22.4. The smallest absolute Gasteiger partial charge is 0.406 e. The van der Waals surface area contributed by atoms with Crippen LogP contribution in [-0.4, -0.2) is 32.8 Å². The SMILES string of the molecule is CNC(=O)OC[C@]1(c2ccc(Cl)c(Cl)c2)CCCNC1. The number of alkyl carbamates (subject to hydrolysis) is 1. The Balaban J connectivity index is 2.25. The van der Waals surface area contributed by atoms with Crippen LogP contribution in [0.25, 0.3) is 0 Å². The summed E-state index contributed by atoms with van der Waals surface area (Å²) in [7, 11) is 1.55. The summed E-state index contributed by atoms with van der Waals surface area (Å²) in [6.07, 6.45) is 1.54. The molecule has 0 radical (unpaired) electrons. The van der Waals surface area contributed by atoms with Gasteiger partial charge in [-0.25, -0.2) is 4.79 Å². The molecule has 1 aromatic rings. The first kappa shape index (κ1) is 15.4. The van der Waals surface area contributed by atoms with Gasteiger partial charge in [-0.05, 0) is 37.1 Å². The van der Waals surface area contributed by atoms with Crippen molar-refractivity contribution in [1.29, 1.82) is 0 Å². The number of halogens is 2. The summed E-state index contributed by atoms with van der Waals surface area (Å²) >= 11 is 12.1. The first-order valence-corrected chi connectivity index (χ1v) is 7.34. The third-order valence-corrected chi connectivity index (χ3v) is 4.43. The Kier molecular flexibility index (Phi) is 5.13. The average molecular weight is 317 g/mol. The van der Waals surface area contributed by atoms with Crippen LogP contribution in [-0.2, 0) is 10.2 Å². The molecule has 20 heavy (non-hydrogen) atoms. The van der Waals surface area contributed by atoms with Gasteiger partial charge < -0.3 is 15.4 Å². The molecule has 1 saturated heterocycles. The number of carbonyl (C=O) groups is 1. The lowest BCUT2D eigenvalue weighted by atomic mass is 9.75. The minimum absolute atomic E-state index is 0.251. The van der Waals surface area contributed by atoms with Crippen molar-refractivity contribution in [2.24, 2.45) is 0 Å². The van der Waals surface area contributed by atoms with Gasteiger partial charge in [-0.1, -0.05) is 29.3 Å². The van der Waals surface area contributed by atoms with Crippen LogP contribution in [0.4, 0.5) is 4.79 Å². The molecule has 0 spiro atoms.